The van der Waals surface area contributed by atoms with E-state index in [1.165, 1.54) is 0 Å². The van der Waals surface area contributed by atoms with Crippen LogP contribution in [0.5, 0.6) is 0 Å². The van der Waals surface area contributed by atoms with Gasteiger partial charge in [-0.15, -0.1) is 0 Å². The third-order valence-electron chi connectivity index (χ3n) is 5.05. The second kappa shape index (κ2) is 8.02. The molecule has 1 aliphatic carbocycles. The Hall–Kier alpha value is -1.85. The lowest BCUT2D eigenvalue weighted by Gasteiger charge is -2.24. The van der Waals surface area contributed by atoms with E-state index in [1.54, 1.807) is 16.9 Å². The summed E-state index contributed by atoms with van der Waals surface area (Å²) >= 11 is 6.24. The number of amides is 1. The summed E-state index contributed by atoms with van der Waals surface area (Å²) in [6.45, 7) is 1.98. The molecule has 0 radical (unpaired) electrons. The summed E-state index contributed by atoms with van der Waals surface area (Å²) in [5, 5.41) is 17.7. The van der Waals surface area contributed by atoms with Crippen molar-refractivity contribution < 1.29 is 9.90 Å². The van der Waals surface area contributed by atoms with Gasteiger partial charge in [0.1, 0.15) is 0 Å². The molecule has 1 aliphatic rings. The molecule has 1 heterocycles. The minimum Gasteiger partial charge on any atom is -0.396 e. The highest BCUT2D eigenvalue weighted by Crippen LogP contribution is 2.25. The summed E-state index contributed by atoms with van der Waals surface area (Å²) in [6.07, 6.45) is 6.80. The van der Waals surface area contributed by atoms with Crippen LogP contribution in [0.1, 0.15) is 48.2 Å². The number of carbonyl (C=O) groups excluding carboxylic acids is 1. The monoisotopic (exact) mass is 361 g/mol. The zero-order valence-corrected chi connectivity index (χ0v) is 15.2. The second-order valence-corrected chi connectivity index (χ2v) is 7.07. The van der Waals surface area contributed by atoms with Crippen molar-refractivity contribution in [3.05, 3.63) is 46.7 Å². The van der Waals surface area contributed by atoms with Crippen molar-refractivity contribution in [3.8, 4) is 5.69 Å². The minimum absolute atomic E-state index is 0.0167. The summed E-state index contributed by atoms with van der Waals surface area (Å²) < 4.78 is 1.69. The van der Waals surface area contributed by atoms with Gasteiger partial charge >= 0.3 is 0 Å². The quantitative estimate of drug-likeness (QED) is 0.819. The highest BCUT2D eigenvalue weighted by atomic mass is 35.5. The lowest BCUT2D eigenvalue weighted by Crippen LogP contribution is -2.41. The molecule has 134 valence electrons. The number of aliphatic hydroxyl groups is 1. The molecule has 5 nitrogen and oxygen atoms in total. The van der Waals surface area contributed by atoms with Gasteiger partial charge in [0.15, 0.2) is 0 Å². The van der Waals surface area contributed by atoms with Crippen LogP contribution in [0.2, 0.25) is 5.02 Å². The van der Waals surface area contributed by atoms with E-state index >= 15 is 0 Å². The summed E-state index contributed by atoms with van der Waals surface area (Å²) in [7, 11) is 0. The second-order valence-electron chi connectivity index (χ2n) is 6.67. The van der Waals surface area contributed by atoms with Gasteiger partial charge in [-0.1, -0.05) is 43.0 Å². The molecule has 1 fully saturated rings. The predicted molar refractivity (Wildman–Crippen MR) is 98.2 cm³/mol. The summed E-state index contributed by atoms with van der Waals surface area (Å²) in [6, 6.07) is 7.44. The van der Waals surface area contributed by atoms with Gasteiger partial charge in [-0.3, -0.25) is 4.79 Å². The molecule has 2 N–H and O–H groups in total. The Kier molecular flexibility index (Phi) is 5.76. The Morgan fingerprint density at radius 1 is 1.32 bits per heavy atom. The van der Waals surface area contributed by atoms with Crippen LogP contribution in [0.15, 0.2) is 30.5 Å². The van der Waals surface area contributed by atoms with E-state index in [4.69, 9.17) is 11.6 Å². The highest BCUT2D eigenvalue weighted by molar-refractivity contribution is 6.32. The van der Waals surface area contributed by atoms with Crippen molar-refractivity contribution in [2.75, 3.05) is 6.61 Å². The van der Waals surface area contributed by atoms with Crippen LogP contribution >= 0.6 is 11.6 Å². The maximum absolute atomic E-state index is 12.8. The fourth-order valence-corrected chi connectivity index (χ4v) is 3.75. The van der Waals surface area contributed by atoms with Crippen molar-refractivity contribution in [3.63, 3.8) is 0 Å². The number of rotatable bonds is 4. The van der Waals surface area contributed by atoms with Crippen LogP contribution in [-0.2, 0) is 0 Å². The third-order valence-corrected chi connectivity index (χ3v) is 5.36. The van der Waals surface area contributed by atoms with Gasteiger partial charge in [-0.2, -0.15) is 5.10 Å². The van der Waals surface area contributed by atoms with Gasteiger partial charge in [-0.25, -0.2) is 4.68 Å². The first kappa shape index (κ1) is 18.0. The van der Waals surface area contributed by atoms with Gasteiger partial charge in [0.05, 0.1) is 28.2 Å². The van der Waals surface area contributed by atoms with E-state index < -0.39 is 0 Å². The Morgan fingerprint density at radius 2 is 2.08 bits per heavy atom. The van der Waals surface area contributed by atoms with Crippen molar-refractivity contribution >= 4 is 17.5 Å². The van der Waals surface area contributed by atoms with E-state index in [0.29, 0.717) is 10.6 Å². The number of aromatic nitrogens is 2. The molecule has 0 unspecified atom stereocenters. The topological polar surface area (TPSA) is 67.2 Å². The van der Waals surface area contributed by atoms with Crippen molar-refractivity contribution in [2.45, 2.75) is 45.1 Å². The third kappa shape index (κ3) is 3.88. The average Bonchev–Trinajstić information content (AvgIpc) is 2.85. The van der Waals surface area contributed by atoms with Gasteiger partial charge < -0.3 is 10.4 Å². The number of hydrogen-bond donors (Lipinski definition) is 2. The molecule has 0 spiro atoms. The van der Waals surface area contributed by atoms with Gasteiger partial charge in [0, 0.05) is 18.6 Å². The van der Waals surface area contributed by atoms with Crippen LogP contribution in [0.4, 0.5) is 0 Å². The molecule has 0 aliphatic heterocycles. The molecule has 1 amide bonds. The van der Waals surface area contributed by atoms with E-state index in [0.717, 1.165) is 43.5 Å². The Bertz CT molecular complexity index is 744. The average molecular weight is 362 g/mol. The van der Waals surface area contributed by atoms with E-state index in [9.17, 15) is 9.90 Å². The number of halogens is 1. The summed E-state index contributed by atoms with van der Waals surface area (Å²) in [4.78, 5) is 12.8. The van der Waals surface area contributed by atoms with E-state index in [1.807, 2.05) is 25.1 Å². The molecule has 0 bridgehead atoms. The molecule has 6 heteroatoms. The van der Waals surface area contributed by atoms with E-state index in [2.05, 4.69) is 10.4 Å². The number of nitrogens with one attached hydrogen (secondary N) is 1. The molecule has 3 rings (SSSR count). The zero-order chi connectivity index (χ0) is 17.8. The summed E-state index contributed by atoms with van der Waals surface area (Å²) in [5.74, 6) is -0.00785. The van der Waals surface area contributed by atoms with Gasteiger partial charge in [0.25, 0.3) is 5.91 Å². The molecule has 25 heavy (non-hydrogen) atoms. The number of para-hydroxylation sites is 1. The largest absolute Gasteiger partial charge is 0.396 e. The Labute approximate surface area is 153 Å². The normalized spacial score (nSPS) is 20.9. The number of benzene rings is 1. The van der Waals surface area contributed by atoms with E-state index in [-0.39, 0.29) is 24.5 Å². The number of nitrogens with zero attached hydrogens (tertiary/aromatic N) is 2. The fourth-order valence-electron chi connectivity index (χ4n) is 3.54. The molecule has 0 saturated heterocycles. The zero-order valence-electron chi connectivity index (χ0n) is 14.4. The molecular formula is C19H24ClN3O2. The first-order chi connectivity index (χ1) is 12.1. The van der Waals surface area contributed by atoms with Crippen LogP contribution in [-0.4, -0.2) is 33.4 Å². The maximum Gasteiger partial charge on any atom is 0.254 e. The van der Waals surface area contributed by atoms with Crippen LogP contribution < -0.4 is 5.32 Å². The van der Waals surface area contributed by atoms with Crippen LogP contribution in [0.3, 0.4) is 0 Å². The maximum atomic E-state index is 12.8. The fraction of sp³-hybridized carbons (Fsp3) is 0.474. The standard InChI is InChI=1S/C19H24ClN3O2/c1-13-15(11-21-23(13)18-10-6-5-8-16(18)20)19(25)22-17-9-4-2-3-7-14(17)12-24/h5-6,8,10-11,14,17,24H,2-4,7,9,12H2,1H3,(H,22,25)/t14-,17+/m0/s1. The minimum atomic E-state index is -0.138. The smallest absolute Gasteiger partial charge is 0.254 e. The highest BCUT2D eigenvalue weighted by Gasteiger charge is 2.26. The Balaban J connectivity index is 1.80. The van der Waals surface area contributed by atoms with Crippen LogP contribution in [0, 0.1) is 12.8 Å². The van der Waals surface area contributed by atoms with Crippen molar-refractivity contribution in [2.24, 2.45) is 5.92 Å². The van der Waals surface area contributed by atoms with Crippen molar-refractivity contribution in [1.82, 2.24) is 15.1 Å². The molecule has 1 aromatic heterocycles. The molecule has 2 atom stereocenters. The van der Waals surface area contributed by atoms with Crippen molar-refractivity contribution in [1.29, 1.82) is 0 Å². The SMILES string of the molecule is Cc1c(C(=O)N[C@@H]2CCCCC[C@H]2CO)cnn1-c1ccccc1Cl. The first-order valence-electron chi connectivity index (χ1n) is 8.83. The van der Waals surface area contributed by atoms with Gasteiger partial charge in [-0.05, 0) is 31.9 Å². The molecule has 1 aromatic carbocycles. The lowest BCUT2D eigenvalue weighted by molar-refractivity contribution is 0.0899. The summed E-state index contributed by atoms with van der Waals surface area (Å²) in [5.41, 5.74) is 2.05. The number of carbonyl (C=O) groups is 1. The lowest BCUT2D eigenvalue weighted by atomic mass is 9.95. The molecule has 1 saturated carbocycles. The van der Waals surface area contributed by atoms with Crippen LogP contribution in [0.25, 0.3) is 5.69 Å². The molecule has 2 aromatic rings. The molecular weight excluding hydrogens is 338 g/mol. The number of hydrogen-bond acceptors (Lipinski definition) is 3. The number of aliphatic hydroxyl groups excluding tert-OH is 1. The first-order valence-corrected chi connectivity index (χ1v) is 9.21. The predicted octanol–water partition coefficient (Wildman–Crippen LogP) is 3.51. The Morgan fingerprint density at radius 3 is 2.84 bits per heavy atom. The van der Waals surface area contributed by atoms with Gasteiger partial charge in [0.2, 0.25) is 0 Å².